The third-order valence-corrected chi connectivity index (χ3v) is 8.19. The summed E-state index contributed by atoms with van der Waals surface area (Å²) in [6.07, 6.45) is 8.19. The van der Waals surface area contributed by atoms with E-state index < -0.39 is 5.60 Å². The van der Waals surface area contributed by atoms with Crippen molar-refractivity contribution in [1.82, 2.24) is 19.8 Å². The van der Waals surface area contributed by atoms with Gasteiger partial charge in [0, 0.05) is 38.3 Å². The molecule has 0 bridgehead atoms. The summed E-state index contributed by atoms with van der Waals surface area (Å²) in [4.78, 5) is 20.9. The van der Waals surface area contributed by atoms with Gasteiger partial charge in [-0.1, -0.05) is 73.5 Å². The average Bonchev–Trinajstić information content (AvgIpc) is 3.39. The van der Waals surface area contributed by atoms with Gasteiger partial charge in [0.2, 0.25) is 0 Å². The molecule has 1 saturated carbocycles. The summed E-state index contributed by atoms with van der Waals surface area (Å²) in [6.45, 7) is 2.48. The van der Waals surface area contributed by atoms with E-state index in [1.54, 1.807) is 13.4 Å². The highest BCUT2D eigenvalue weighted by atomic mass is 35.5. The molecule has 2 N–H and O–H groups in total. The molecule has 1 aliphatic heterocycles. The van der Waals surface area contributed by atoms with Crippen LogP contribution >= 0.6 is 12.4 Å². The van der Waals surface area contributed by atoms with Gasteiger partial charge in [0.05, 0.1) is 24.7 Å². The van der Waals surface area contributed by atoms with Crippen LogP contribution in [0.4, 0.5) is 0 Å². The third kappa shape index (κ3) is 6.55. The minimum atomic E-state index is -0.993. The molecule has 3 aromatic rings. The van der Waals surface area contributed by atoms with Crippen LogP contribution in [0.15, 0.2) is 67.0 Å². The van der Waals surface area contributed by atoms with E-state index in [1.807, 2.05) is 45.9 Å². The lowest BCUT2D eigenvalue weighted by Gasteiger charge is -2.41. The lowest BCUT2D eigenvalue weighted by molar-refractivity contribution is -0.0893. The fraction of sp³-hybridized carbons (Fsp3) is 0.484. The number of carbonyl (C=O) groups excluding carboxylic acids is 1. The molecule has 210 valence electrons. The van der Waals surface area contributed by atoms with E-state index in [-0.39, 0.29) is 37.0 Å². The highest BCUT2D eigenvalue weighted by Crippen LogP contribution is 2.41. The zero-order valence-corrected chi connectivity index (χ0v) is 23.6. The van der Waals surface area contributed by atoms with E-state index in [0.29, 0.717) is 18.7 Å². The molecule has 39 heavy (non-hydrogen) atoms. The normalized spacial score (nSPS) is 23.3. The van der Waals surface area contributed by atoms with Crippen molar-refractivity contribution in [3.63, 3.8) is 0 Å². The van der Waals surface area contributed by atoms with Crippen molar-refractivity contribution in [2.45, 2.75) is 62.6 Å². The lowest BCUT2D eigenvalue weighted by Crippen LogP contribution is -2.53. The average molecular weight is 553 g/mol. The third-order valence-electron chi connectivity index (χ3n) is 8.19. The van der Waals surface area contributed by atoms with Crippen LogP contribution < -0.4 is 5.32 Å². The van der Waals surface area contributed by atoms with Gasteiger partial charge >= 0.3 is 0 Å². The number of nitrogens with zero attached hydrogens (tertiary/aromatic N) is 3. The predicted molar refractivity (Wildman–Crippen MR) is 156 cm³/mol. The van der Waals surface area contributed by atoms with Crippen molar-refractivity contribution in [1.29, 1.82) is 0 Å². The van der Waals surface area contributed by atoms with Crippen molar-refractivity contribution < 1.29 is 14.6 Å². The van der Waals surface area contributed by atoms with Gasteiger partial charge in [0.1, 0.15) is 5.60 Å². The number of aryl methyl sites for hydroxylation is 1. The Morgan fingerprint density at radius 1 is 1.13 bits per heavy atom. The number of aliphatic hydroxyl groups is 1. The van der Waals surface area contributed by atoms with Gasteiger partial charge in [0.15, 0.2) is 5.69 Å². The molecule has 7 nitrogen and oxygen atoms in total. The second kappa shape index (κ2) is 13.6. The largest absolute Gasteiger partial charge is 0.385 e. The molecule has 0 unspecified atom stereocenters. The number of amides is 1. The second-order valence-corrected chi connectivity index (χ2v) is 10.7. The fourth-order valence-corrected chi connectivity index (χ4v) is 6.26. The van der Waals surface area contributed by atoms with Gasteiger partial charge in [-0.05, 0) is 37.7 Å². The number of halogens is 1. The number of benzene rings is 2. The van der Waals surface area contributed by atoms with Crippen LogP contribution in [0.2, 0.25) is 0 Å². The summed E-state index contributed by atoms with van der Waals surface area (Å²) < 4.78 is 7.50. The molecule has 2 aliphatic rings. The molecule has 3 atom stereocenters. The number of hydrogen-bond donors (Lipinski definition) is 2. The Balaban J connectivity index is 0.00000353. The number of nitrogens with one attached hydrogen (secondary N) is 1. The van der Waals surface area contributed by atoms with E-state index >= 15 is 0 Å². The van der Waals surface area contributed by atoms with Crippen molar-refractivity contribution >= 4 is 18.3 Å². The van der Waals surface area contributed by atoms with Crippen molar-refractivity contribution in [3.8, 4) is 11.3 Å². The smallest absolute Gasteiger partial charge is 0.275 e. The number of rotatable bonds is 9. The van der Waals surface area contributed by atoms with Gasteiger partial charge in [-0.2, -0.15) is 0 Å². The van der Waals surface area contributed by atoms with E-state index in [4.69, 9.17) is 9.72 Å². The van der Waals surface area contributed by atoms with Crippen LogP contribution in [-0.2, 0) is 11.2 Å². The first-order valence-corrected chi connectivity index (χ1v) is 14.0. The van der Waals surface area contributed by atoms with E-state index in [9.17, 15) is 9.90 Å². The lowest BCUT2D eigenvalue weighted by atomic mass is 9.80. The number of hydrogen-bond acceptors (Lipinski definition) is 5. The first-order chi connectivity index (χ1) is 18.6. The molecular weight excluding hydrogens is 512 g/mol. The maximum atomic E-state index is 14.2. The molecule has 1 aromatic heterocycles. The first kappa shape index (κ1) is 29.3. The van der Waals surface area contributed by atoms with Gasteiger partial charge in [0.25, 0.3) is 5.91 Å². The first-order valence-electron chi connectivity index (χ1n) is 14.0. The number of methoxy groups -OCH3 is 1. The Kier molecular flexibility index (Phi) is 10.2. The second-order valence-electron chi connectivity index (χ2n) is 10.7. The Bertz CT molecular complexity index is 1190. The summed E-state index contributed by atoms with van der Waals surface area (Å²) in [5.41, 5.74) is 2.53. The Hall–Kier alpha value is -2.71. The Morgan fingerprint density at radius 2 is 1.87 bits per heavy atom. The van der Waals surface area contributed by atoms with Gasteiger partial charge in [-0.3, -0.25) is 4.79 Å². The number of imidazole rings is 1. The van der Waals surface area contributed by atoms with Gasteiger partial charge < -0.3 is 24.6 Å². The summed E-state index contributed by atoms with van der Waals surface area (Å²) in [5, 5.41) is 15.1. The van der Waals surface area contributed by atoms with Crippen LogP contribution in [0.3, 0.4) is 0 Å². The summed E-state index contributed by atoms with van der Waals surface area (Å²) in [7, 11) is 1.63. The van der Waals surface area contributed by atoms with E-state index in [2.05, 4.69) is 29.6 Å². The number of ether oxygens (including phenoxy) is 1. The highest BCUT2D eigenvalue weighted by molar-refractivity contribution is 5.98. The predicted octanol–water partition coefficient (Wildman–Crippen LogP) is 4.90. The zero-order valence-electron chi connectivity index (χ0n) is 22.8. The minimum Gasteiger partial charge on any atom is -0.385 e. The fourth-order valence-electron chi connectivity index (χ4n) is 6.26. The molecule has 0 spiro atoms. The van der Waals surface area contributed by atoms with Crippen LogP contribution in [0.25, 0.3) is 11.3 Å². The molecule has 0 radical (unpaired) electrons. The standard InChI is InChI=1S/C31H40N4O3.ClH/c1-38-22-31(37)18-9-8-17-27(31)35-23-33-28(29(35)25-14-6-3-7-15-25)30(36)34-20-19-32-21-26(34)16-10-13-24-11-4-2-5-12-24;/h2-7,11-12,14-15,23,26-27,32,37H,8-10,13,16-22H2,1H3;1H/t26-,27-,31-;/m1./s1. The number of aromatic nitrogens is 2. The molecule has 2 heterocycles. The minimum absolute atomic E-state index is 0. The quantitative estimate of drug-likeness (QED) is 0.395. The van der Waals surface area contributed by atoms with E-state index in [1.165, 1.54) is 5.56 Å². The number of piperazine rings is 1. The highest BCUT2D eigenvalue weighted by Gasteiger charge is 2.42. The molecule has 1 amide bonds. The molecular formula is C31H41ClN4O3. The molecule has 2 fully saturated rings. The monoisotopic (exact) mass is 552 g/mol. The Labute approximate surface area is 238 Å². The maximum absolute atomic E-state index is 14.2. The topological polar surface area (TPSA) is 79.6 Å². The van der Waals surface area contributed by atoms with Crippen LogP contribution in [0.5, 0.6) is 0 Å². The van der Waals surface area contributed by atoms with E-state index in [0.717, 1.165) is 62.9 Å². The summed E-state index contributed by atoms with van der Waals surface area (Å²) in [5.74, 6) is -0.0279. The zero-order chi connectivity index (χ0) is 26.4. The molecule has 5 rings (SSSR count). The van der Waals surface area contributed by atoms with Gasteiger partial charge in [-0.15, -0.1) is 12.4 Å². The SMILES string of the molecule is COC[C@]1(O)CCCC[C@H]1n1cnc(C(=O)N2CCNC[C@H]2CCCc2ccccc2)c1-c1ccccc1.Cl. The van der Waals surface area contributed by atoms with Crippen LogP contribution in [0, 0.1) is 0 Å². The maximum Gasteiger partial charge on any atom is 0.275 e. The van der Waals surface area contributed by atoms with Gasteiger partial charge in [-0.25, -0.2) is 4.98 Å². The van der Waals surface area contributed by atoms with Crippen LogP contribution in [0.1, 0.15) is 60.6 Å². The molecule has 1 saturated heterocycles. The molecule has 2 aromatic carbocycles. The van der Waals surface area contributed by atoms with Crippen molar-refractivity contribution in [2.24, 2.45) is 0 Å². The van der Waals surface area contributed by atoms with Crippen LogP contribution in [-0.4, -0.2) is 70.5 Å². The number of carbonyl (C=O) groups is 1. The van der Waals surface area contributed by atoms with Crippen molar-refractivity contribution in [2.75, 3.05) is 33.4 Å². The molecule has 1 aliphatic carbocycles. The summed E-state index contributed by atoms with van der Waals surface area (Å²) >= 11 is 0. The summed E-state index contributed by atoms with van der Waals surface area (Å²) in [6, 6.07) is 20.4. The van der Waals surface area contributed by atoms with Crippen molar-refractivity contribution in [3.05, 3.63) is 78.2 Å². The Morgan fingerprint density at radius 3 is 2.62 bits per heavy atom. The molecule has 8 heteroatoms.